The number of rotatable bonds is 7. The molecule has 1 unspecified atom stereocenters. The van der Waals surface area contributed by atoms with Gasteiger partial charge in [0.2, 0.25) is 0 Å². The second-order valence-corrected chi connectivity index (χ2v) is 5.60. The molecule has 1 rings (SSSR count). The van der Waals surface area contributed by atoms with Crippen LogP contribution >= 0.6 is 0 Å². The van der Waals surface area contributed by atoms with Crippen LogP contribution in [-0.4, -0.2) is 36.5 Å². The summed E-state index contributed by atoms with van der Waals surface area (Å²) in [6.45, 7) is 7.84. The topological polar surface area (TPSA) is 41.5 Å². The lowest BCUT2D eigenvalue weighted by molar-refractivity contribution is 0.0354. The minimum Gasteiger partial charge on any atom is -0.389 e. The minimum absolute atomic E-state index is 0.0328. The molecular formula is C15H25NO2. The average molecular weight is 251 g/mol. The monoisotopic (exact) mass is 251 g/mol. The molecule has 3 nitrogen and oxygen atoms in total. The Morgan fingerprint density at radius 1 is 1.22 bits per heavy atom. The largest absolute Gasteiger partial charge is 0.389 e. The molecule has 0 saturated carbocycles. The van der Waals surface area contributed by atoms with Crippen LogP contribution in [0.15, 0.2) is 30.3 Å². The van der Waals surface area contributed by atoms with E-state index >= 15 is 0 Å². The molecule has 0 aliphatic rings. The zero-order chi connectivity index (χ0) is 13.4. The Kier molecular flexibility index (Phi) is 6.33. The van der Waals surface area contributed by atoms with Gasteiger partial charge in [-0.15, -0.1) is 0 Å². The first-order valence-electron chi connectivity index (χ1n) is 6.52. The van der Waals surface area contributed by atoms with Crippen molar-refractivity contribution in [2.24, 2.45) is 0 Å². The van der Waals surface area contributed by atoms with Crippen LogP contribution < -0.4 is 5.32 Å². The van der Waals surface area contributed by atoms with Crippen LogP contribution in [0.4, 0.5) is 0 Å². The van der Waals surface area contributed by atoms with Gasteiger partial charge in [-0.3, -0.25) is 0 Å². The zero-order valence-corrected chi connectivity index (χ0v) is 11.6. The van der Waals surface area contributed by atoms with Crippen molar-refractivity contribution < 1.29 is 9.84 Å². The number of ether oxygens (including phenoxy) is 1. The number of benzene rings is 1. The fourth-order valence-corrected chi connectivity index (χ4v) is 1.54. The molecule has 102 valence electrons. The molecule has 0 fully saturated rings. The summed E-state index contributed by atoms with van der Waals surface area (Å²) >= 11 is 0. The van der Waals surface area contributed by atoms with Crippen molar-refractivity contribution in [3.63, 3.8) is 0 Å². The van der Waals surface area contributed by atoms with Crippen LogP contribution in [0.1, 0.15) is 26.3 Å². The van der Waals surface area contributed by atoms with Gasteiger partial charge in [0, 0.05) is 12.1 Å². The zero-order valence-electron chi connectivity index (χ0n) is 11.6. The lowest BCUT2D eigenvalue weighted by atomic mass is 10.1. The fraction of sp³-hybridized carbons (Fsp3) is 0.600. The third-order valence-corrected chi connectivity index (χ3v) is 2.56. The lowest BCUT2D eigenvalue weighted by Gasteiger charge is -2.22. The van der Waals surface area contributed by atoms with Crippen molar-refractivity contribution >= 4 is 0 Å². The van der Waals surface area contributed by atoms with E-state index in [-0.39, 0.29) is 5.54 Å². The highest BCUT2D eigenvalue weighted by molar-refractivity contribution is 5.14. The first-order valence-corrected chi connectivity index (χ1v) is 6.52. The van der Waals surface area contributed by atoms with Crippen LogP contribution in [-0.2, 0) is 11.2 Å². The third kappa shape index (κ3) is 7.43. The molecule has 0 amide bonds. The van der Waals surface area contributed by atoms with Crippen LogP contribution in [0.25, 0.3) is 0 Å². The second-order valence-electron chi connectivity index (χ2n) is 5.60. The molecule has 1 aromatic rings. The van der Waals surface area contributed by atoms with Gasteiger partial charge in [-0.2, -0.15) is 0 Å². The minimum atomic E-state index is -0.444. The van der Waals surface area contributed by atoms with Crippen LogP contribution in [0.2, 0.25) is 0 Å². The predicted octanol–water partition coefficient (Wildman–Crippen LogP) is 1.99. The van der Waals surface area contributed by atoms with E-state index in [1.165, 1.54) is 5.56 Å². The SMILES string of the molecule is CC(C)(C)NCC(O)COCCc1ccccc1. The maximum Gasteiger partial charge on any atom is 0.0897 e. The number of aliphatic hydroxyl groups excluding tert-OH is 1. The Labute approximate surface area is 110 Å². The first-order chi connectivity index (χ1) is 8.47. The van der Waals surface area contributed by atoms with Gasteiger partial charge in [-0.1, -0.05) is 30.3 Å². The van der Waals surface area contributed by atoms with Crippen molar-refractivity contribution in [3.05, 3.63) is 35.9 Å². The van der Waals surface area contributed by atoms with Gasteiger partial charge >= 0.3 is 0 Å². The summed E-state index contributed by atoms with van der Waals surface area (Å²) in [6, 6.07) is 10.2. The molecule has 0 spiro atoms. The quantitative estimate of drug-likeness (QED) is 0.728. The smallest absolute Gasteiger partial charge is 0.0897 e. The highest BCUT2D eigenvalue weighted by Crippen LogP contribution is 2.01. The number of β-amino-alcohol motifs (C(OH)–C–C–N with tert-alkyl or cyclic N) is 1. The Morgan fingerprint density at radius 2 is 1.89 bits per heavy atom. The van der Waals surface area contributed by atoms with E-state index < -0.39 is 6.10 Å². The van der Waals surface area contributed by atoms with Crippen LogP contribution in [0.3, 0.4) is 0 Å². The number of aliphatic hydroxyl groups is 1. The molecule has 1 atom stereocenters. The van der Waals surface area contributed by atoms with Crippen LogP contribution in [0.5, 0.6) is 0 Å². The molecular weight excluding hydrogens is 226 g/mol. The Hall–Kier alpha value is -0.900. The van der Waals surface area contributed by atoms with E-state index in [0.29, 0.717) is 19.8 Å². The number of hydrogen-bond donors (Lipinski definition) is 2. The van der Waals surface area contributed by atoms with E-state index in [4.69, 9.17) is 4.74 Å². The van der Waals surface area contributed by atoms with Gasteiger partial charge in [-0.05, 0) is 32.8 Å². The normalized spacial score (nSPS) is 13.6. The maximum absolute atomic E-state index is 9.72. The molecule has 0 aromatic heterocycles. The Morgan fingerprint density at radius 3 is 2.50 bits per heavy atom. The summed E-state index contributed by atoms with van der Waals surface area (Å²) in [5.41, 5.74) is 1.30. The molecule has 3 heteroatoms. The highest BCUT2D eigenvalue weighted by Gasteiger charge is 2.11. The van der Waals surface area contributed by atoms with Gasteiger partial charge in [0.1, 0.15) is 0 Å². The van der Waals surface area contributed by atoms with Gasteiger partial charge in [0.15, 0.2) is 0 Å². The second kappa shape index (κ2) is 7.52. The van der Waals surface area contributed by atoms with Gasteiger partial charge in [0.05, 0.1) is 19.3 Å². The molecule has 0 bridgehead atoms. The van der Waals surface area contributed by atoms with Crippen LogP contribution in [0, 0.1) is 0 Å². The summed E-state index contributed by atoms with van der Waals surface area (Å²) in [5.74, 6) is 0. The summed E-state index contributed by atoms with van der Waals surface area (Å²) in [7, 11) is 0. The van der Waals surface area contributed by atoms with Gasteiger partial charge in [-0.25, -0.2) is 0 Å². The van der Waals surface area contributed by atoms with Crippen molar-refractivity contribution in [1.82, 2.24) is 5.32 Å². The number of hydrogen-bond acceptors (Lipinski definition) is 3. The van der Waals surface area contributed by atoms with Crippen molar-refractivity contribution in [1.29, 1.82) is 0 Å². The van der Waals surface area contributed by atoms with E-state index in [1.54, 1.807) is 0 Å². The highest BCUT2D eigenvalue weighted by atomic mass is 16.5. The molecule has 0 aliphatic carbocycles. The summed E-state index contributed by atoms with van der Waals surface area (Å²) in [5, 5.41) is 13.0. The molecule has 1 aromatic carbocycles. The van der Waals surface area contributed by atoms with Gasteiger partial charge in [0.25, 0.3) is 0 Å². The standard InChI is InChI=1S/C15H25NO2/c1-15(2,3)16-11-14(17)12-18-10-9-13-7-5-4-6-8-13/h4-8,14,16-17H,9-12H2,1-3H3. The summed E-state index contributed by atoms with van der Waals surface area (Å²) < 4.78 is 5.47. The van der Waals surface area contributed by atoms with E-state index in [2.05, 4.69) is 38.2 Å². The number of nitrogens with one attached hydrogen (secondary N) is 1. The summed E-state index contributed by atoms with van der Waals surface area (Å²) in [4.78, 5) is 0. The lowest BCUT2D eigenvalue weighted by Crippen LogP contribution is -2.42. The Balaban J connectivity index is 2.07. The first kappa shape index (κ1) is 15.2. The van der Waals surface area contributed by atoms with E-state index in [9.17, 15) is 5.11 Å². The van der Waals surface area contributed by atoms with Crippen molar-refractivity contribution in [2.75, 3.05) is 19.8 Å². The maximum atomic E-state index is 9.72. The molecule has 0 heterocycles. The average Bonchev–Trinajstić information content (AvgIpc) is 2.33. The van der Waals surface area contributed by atoms with E-state index in [1.807, 2.05) is 18.2 Å². The molecule has 2 N–H and O–H groups in total. The summed E-state index contributed by atoms with van der Waals surface area (Å²) in [6.07, 6.45) is 0.445. The molecule has 18 heavy (non-hydrogen) atoms. The Bertz CT molecular complexity index is 319. The molecule has 0 radical (unpaired) electrons. The molecule has 0 saturated heterocycles. The fourth-order valence-electron chi connectivity index (χ4n) is 1.54. The third-order valence-electron chi connectivity index (χ3n) is 2.56. The predicted molar refractivity (Wildman–Crippen MR) is 74.7 cm³/mol. The van der Waals surface area contributed by atoms with E-state index in [0.717, 1.165) is 6.42 Å². The molecule has 0 aliphatic heterocycles. The van der Waals surface area contributed by atoms with Crippen molar-refractivity contribution in [3.8, 4) is 0 Å². The van der Waals surface area contributed by atoms with Gasteiger partial charge < -0.3 is 15.2 Å². The van der Waals surface area contributed by atoms with Crippen molar-refractivity contribution in [2.45, 2.75) is 38.8 Å².